The van der Waals surface area contributed by atoms with Crippen LogP contribution in [0.4, 0.5) is 5.69 Å². The number of thioether (sulfide) groups is 1. The monoisotopic (exact) mass is 512 g/mol. The summed E-state index contributed by atoms with van der Waals surface area (Å²) in [6.07, 6.45) is 0. The lowest BCUT2D eigenvalue weighted by Crippen LogP contribution is -2.14. The van der Waals surface area contributed by atoms with Gasteiger partial charge in [-0.05, 0) is 49.4 Å². The molecule has 7 nitrogen and oxygen atoms in total. The molecule has 0 saturated heterocycles. The van der Waals surface area contributed by atoms with Gasteiger partial charge in [0.25, 0.3) is 0 Å². The molecular weight excluding hydrogens is 492 g/mol. The van der Waals surface area contributed by atoms with Crippen LogP contribution in [-0.4, -0.2) is 41.1 Å². The quantitative estimate of drug-likeness (QED) is 0.291. The molecule has 0 atom stereocenters. The first-order chi connectivity index (χ1) is 16.5. The summed E-state index contributed by atoms with van der Waals surface area (Å²) in [6.45, 7) is 1.95. The van der Waals surface area contributed by atoms with Crippen molar-refractivity contribution in [1.29, 1.82) is 0 Å². The standard InChI is InChI=1S/C24H21ClN4O3S2/c1-14-23(34-24(26-14)15-5-4-6-17(11-15)31-2)18-8-10-22(29-28-18)33-13-21(30)27-19-12-16(25)7-9-20(19)32-3/h4-12H,13H2,1-3H3,(H,27,30). The van der Waals surface area contributed by atoms with Crippen molar-refractivity contribution in [2.75, 3.05) is 25.3 Å². The number of carbonyl (C=O) groups excluding carboxylic acids is 1. The van der Waals surface area contributed by atoms with Crippen molar-refractivity contribution < 1.29 is 14.3 Å². The van der Waals surface area contributed by atoms with Crippen LogP contribution in [-0.2, 0) is 4.79 Å². The van der Waals surface area contributed by atoms with Gasteiger partial charge < -0.3 is 14.8 Å². The smallest absolute Gasteiger partial charge is 0.234 e. The fourth-order valence-electron chi connectivity index (χ4n) is 3.14. The Bertz CT molecular complexity index is 1310. The number of anilines is 1. The Morgan fingerprint density at radius 3 is 2.68 bits per heavy atom. The highest BCUT2D eigenvalue weighted by molar-refractivity contribution is 7.99. The number of aromatic nitrogens is 3. The van der Waals surface area contributed by atoms with E-state index < -0.39 is 0 Å². The summed E-state index contributed by atoms with van der Waals surface area (Å²) in [5.74, 6) is 1.30. The van der Waals surface area contributed by atoms with Gasteiger partial charge in [0, 0.05) is 10.6 Å². The second-order valence-corrected chi connectivity index (χ2v) is 9.53. The summed E-state index contributed by atoms with van der Waals surface area (Å²) in [5.41, 5.74) is 3.13. The van der Waals surface area contributed by atoms with Crippen LogP contribution < -0.4 is 14.8 Å². The predicted molar refractivity (Wildman–Crippen MR) is 137 cm³/mol. The lowest BCUT2D eigenvalue weighted by molar-refractivity contribution is -0.113. The van der Waals surface area contributed by atoms with E-state index in [0.717, 1.165) is 32.6 Å². The molecule has 34 heavy (non-hydrogen) atoms. The van der Waals surface area contributed by atoms with E-state index in [1.54, 1.807) is 36.6 Å². The average molecular weight is 513 g/mol. The highest BCUT2D eigenvalue weighted by atomic mass is 35.5. The number of nitrogens with zero attached hydrogens (tertiary/aromatic N) is 3. The Kier molecular flexibility index (Phi) is 7.66. The number of amides is 1. The van der Waals surface area contributed by atoms with Crippen LogP contribution in [0.1, 0.15) is 5.69 Å². The molecule has 0 saturated carbocycles. The van der Waals surface area contributed by atoms with Gasteiger partial charge in [-0.2, -0.15) is 0 Å². The van der Waals surface area contributed by atoms with Crippen molar-refractivity contribution in [3.05, 3.63) is 65.3 Å². The van der Waals surface area contributed by atoms with E-state index in [4.69, 9.17) is 26.1 Å². The van der Waals surface area contributed by atoms with E-state index in [0.29, 0.717) is 21.5 Å². The van der Waals surface area contributed by atoms with E-state index in [1.807, 2.05) is 43.3 Å². The highest BCUT2D eigenvalue weighted by Gasteiger charge is 2.14. The summed E-state index contributed by atoms with van der Waals surface area (Å²) >= 11 is 8.86. The lowest BCUT2D eigenvalue weighted by Gasteiger charge is -2.10. The summed E-state index contributed by atoms with van der Waals surface area (Å²) in [6, 6.07) is 16.6. The zero-order chi connectivity index (χ0) is 24.1. The minimum atomic E-state index is -0.197. The molecule has 0 unspecified atom stereocenters. The van der Waals surface area contributed by atoms with E-state index in [-0.39, 0.29) is 11.7 Å². The van der Waals surface area contributed by atoms with Crippen molar-refractivity contribution in [2.45, 2.75) is 11.9 Å². The minimum Gasteiger partial charge on any atom is -0.497 e. The molecule has 2 heterocycles. The second kappa shape index (κ2) is 10.9. The molecule has 0 spiro atoms. The van der Waals surface area contributed by atoms with Gasteiger partial charge in [-0.25, -0.2) is 4.98 Å². The van der Waals surface area contributed by atoms with Gasteiger partial charge in [-0.1, -0.05) is 35.5 Å². The number of carbonyl (C=O) groups is 1. The molecule has 10 heteroatoms. The molecule has 0 radical (unpaired) electrons. The van der Waals surface area contributed by atoms with Crippen LogP contribution in [0.3, 0.4) is 0 Å². The number of rotatable bonds is 8. The fourth-order valence-corrected chi connectivity index (χ4v) is 4.95. The number of halogens is 1. The third kappa shape index (κ3) is 5.67. The fraction of sp³-hybridized carbons (Fsp3) is 0.167. The first kappa shape index (κ1) is 24.0. The number of benzene rings is 2. The zero-order valence-electron chi connectivity index (χ0n) is 18.7. The SMILES string of the molecule is COc1cccc(-c2nc(C)c(-c3ccc(SCC(=O)Nc4cc(Cl)ccc4OC)nn3)s2)c1. The number of hydrogen-bond acceptors (Lipinski definition) is 8. The number of methoxy groups -OCH3 is 2. The summed E-state index contributed by atoms with van der Waals surface area (Å²) in [4.78, 5) is 18.0. The van der Waals surface area contributed by atoms with E-state index in [9.17, 15) is 4.79 Å². The lowest BCUT2D eigenvalue weighted by atomic mass is 10.2. The molecule has 0 aliphatic carbocycles. The van der Waals surface area contributed by atoms with Gasteiger partial charge in [0.1, 0.15) is 27.2 Å². The third-order valence-electron chi connectivity index (χ3n) is 4.77. The van der Waals surface area contributed by atoms with Crippen LogP contribution in [0, 0.1) is 6.92 Å². The molecule has 4 aromatic rings. The molecule has 2 aromatic heterocycles. The molecule has 1 amide bonds. The van der Waals surface area contributed by atoms with E-state index in [2.05, 4.69) is 15.5 Å². The average Bonchev–Trinajstić information content (AvgIpc) is 3.25. The molecule has 174 valence electrons. The number of hydrogen-bond donors (Lipinski definition) is 1. The molecular formula is C24H21ClN4O3S2. The van der Waals surface area contributed by atoms with Gasteiger partial charge >= 0.3 is 0 Å². The summed E-state index contributed by atoms with van der Waals surface area (Å²) in [5, 5.41) is 13.5. The molecule has 0 fully saturated rings. The number of ether oxygens (including phenoxy) is 2. The molecule has 0 bridgehead atoms. The van der Waals surface area contributed by atoms with Gasteiger partial charge in [-0.3, -0.25) is 4.79 Å². The minimum absolute atomic E-state index is 0.170. The third-order valence-corrected chi connectivity index (χ3v) is 7.16. The Morgan fingerprint density at radius 2 is 1.94 bits per heavy atom. The maximum Gasteiger partial charge on any atom is 0.234 e. The second-order valence-electron chi connectivity index (χ2n) is 7.10. The van der Waals surface area contributed by atoms with Crippen molar-refractivity contribution in [3.8, 4) is 32.6 Å². The van der Waals surface area contributed by atoms with Crippen molar-refractivity contribution in [1.82, 2.24) is 15.2 Å². The maximum absolute atomic E-state index is 12.4. The van der Waals surface area contributed by atoms with Crippen molar-refractivity contribution in [2.24, 2.45) is 0 Å². The van der Waals surface area contributed by atoms with Crippen LogP contribution in [0.2, 0.25) is 5.02 Å². The normalized spacial score (nSPS) is 10.7. The number of aryl methyl sites for hydroxylation is 1. The number of thiazole rings is 1. The van der Waals surface area contributed by atoms with Crippen molar-refractivity contribution in [3.63, 3.8) is 0 Å². The number of nitrogens with one attached hydrogen (secondary N) is 1. The topological polar surface area (TPSA) is 86.2 Å². The van der Waals surface area contributed by atoms with Crippen LogP contribution in [0.15, 0.2) is 59.6 Å². The van der Waals surface area contributed by atoms with Gasteiger partial charge in [0.05, 0.1) is 36.2 Å². The molecule has 2 aromatic carbocycles. The van der Waals surface area contributed by atoms with E-state index in [1.165, 1.54) is 18.9 Å². The Morgan fingerprint density at radius 1 is 1.09 bits per heavy atom. The molecule has 1 N–H and O–H groups in total. The Hall–Kier alpha value is -3.14. The van der Waals surface area contributed by atoms with Gasteiger partial charge in [0.2, 0.25) is 5.91 Å². The Labute approximate surface area is 210 Å². The van der Waals surface area contributed by atoms with Crippen LogP contribution >= 0.6 is 34.7 Å². The summed E-state index contributed by atoms with van der Waals surface area (Å²) < 4.78 is 10.6. The zero-order valence-corrected chi connectivity index (χ0v) is 21.1. The van der Waals surface area contributed by atoms with Crippen LogP contribution in [0.25, 0.3) is 21.1 Å². The van der Waals surface area contributed by atoms with Gasteiger partial charge in [-0.15, -0.1) is 21.5 Å². The first-order valence-electron chi connectivity index (χ1n) is 10.2. The Balaban J connectivity index is 1.41. The van der Waals surface area contributed by atoms with Crippen molar-refractivity contribution >= 4 is 46.3 Å². The van der Waals surface area contributed by atoms with Gasteiger partial charge in [0.15, 0.2) is 0 Å². The summed E-state index contributed by atoms with van der Waals surface area (Å²) in [7, 11) is 3.18. The molecule has 0 aliphatic rings. The predicted octanol–water partition coefficient (Wildman–Crippen LogP) is 5.98. The first-order valence-corrected chi connectivity index (χ1v) is 12.4. The van der Waals surface area contributed by atoms with E-state index >= 15 is 0 Å². The molecule has 0 aliphatic heterocycles. The largest absolute Gasteiger partial charge is 0.497 e. The molecule has 4 rings (SSSR count). The highest BCUT2D eigenvalue weighted by Crippen LogP contribution is 2.35. The maximum atomic E-state index is 12.4. The van der Waals surface area contributed by atoms with Crippen LogP contribution in [0.5, 0.6) is 11.5 Å².